The van der Waals surface area contributed by atoms with Crippen molar-refractivity contribution in [1.82, 2.24) is 4.90 Å². The molecular formula is C24H21ClFN3O3. The number of hydrogen-bond donors (Lipinski definition) is 3. The van der Waals surface area contributed by atoms with Crippen LogP contribution in [-0.4, -0.2) is 21.8 Å². The van der Waals surface area contributed by atoms with Gasteiger partial charge in [0.15, 0.2) is 0 Å². The smallest absolute Gasteiger partial charge is 0.259 e. The Kier molecular flexibility index (Phi) is 5.76. The summed E-state index contributed by atoms with van der Waals surface area (Å²) in [4.78, 5) is 27.7. The number of phenolic OH excluding ortho intramolecular Hbond substituents is 1. The van der Waals surface area contributed by atoms with Crippen LogP contribution < -0.4 is 11.5 Å². The second kappa shape index (κ2) is 8.51. The number of anilines is 1. The van der Waals surface area contributed by atoms with Crippen molar-refractivity contribution >= 4 is 29.1 Å². The van der Waals surface area contributed by atoms with Crippen molar-refractivity contribution < 1.29 is 19.1 Å². The van der Waals surface area contributed by atoms with Crippen LogP contribution in [-0.2, 0) is 11.2 Å². The van der Waals surface area contributed by atoms with Crippen molar-refractivity contribution in [3.05, 3.63) is 93.8 Å². The summed E-state index contributed by atoms with van der Waals surface area (Å²) in [6, 6.07) is 13.5. The van der Waals surface area contributed by atoms with E-state index in [9.17, 15) is 19.1 Å². The number of amides is 2. The lowest BCUT2D eigenvalue weighted by Gasteiger charge is -2.36. The molecule has 3 aromatic carbocycles. The first kappa shape index (κ1) is 21.6. The number of phenols is 1. The lowest BCUT2D eigenvalue weighted by Crippen LogP contribution is -2.43. The maximum absolute atomic E-state index is 14.6. The summed E-state index contributed by atoms with van der Waals surface area (Å²) in [7, 11) is 0. The molecule has 3 aromatic rings. The summed E-state index contributed by atoms with van der Waals surface area (Å²) >= 11 is 6.11. The zero-order chi connectivity index (χ0) is 23.0. The van der Waals surface area contributed by atoms with Gasteiger partial charge in [0, 0.05) is 10.7 Å². The molecular weight excluding hydrogens is 433 g/mol. The number of nitrogen functional groups attached to an aromatic ring is 1. The SMILES string of the molecule is NC(=O)[C@@H](c1cccc(N)c1)N(C(=O)c1ccccc1O)[C@@H]1CCc2c(F)cc(Cl)cc21. The van der Waals surface area contributed by atoms with Crippen LogP contribution in [0.4, 0.5) is 10.1 Å². The van der Waals surface area contributed by atoms with E-state index in [-0.39, 0.29) is 16.3 Å². The number of benzene rings is 3. The summed E-state index contributed by atoms with van der Waals surface area (Å²) in [5, 5.41) is 10.5. The molecule has 8 heteroatoms. The molecule has 0 bridgehead atoms. The summed E-state index contributed by atoms with van der Waals surface area (Å²) < 4.78 is 14.6. The van der Waals surface area contributed by atoms with E-state index in [1.165, 1.54) is 23.1 Å². The lowest BCUT2D eigenvalue weighted by molar-refractivity contribution is -0.123. The fraction of sp³-hybridized carbons (Fsp3) is 0.167. The van der Waals surface area contributed by atoms with Crippen molar-refractivity contribution in [3.63, 3.8) is 0 Å². The molecule has 4 rings (SSSR count). The van der Waals surface area contributed by atoms with Crippen molar-refractivity contribution in [1.29, 1.82) is 0 Å². The average Bonchev–Trinajstić information content (AvgIpc) is 3.15. The van der Waals surface area contributed by atoms with Gasteiger partial charge in [0.05, 0.1) is 11.6 Å². The highest BCUT2D eigenvalue weighted by Gasteiger charge is 2.41. The minimum absolute atomic E-state index is 0.00129. The Bertz CT molecular complexity index is 1220. The third-order valence-corrected chi connectivity index (χ3v) is 5.92. The van der Waals surface area contributed by atoms with Gasteiger partial charge < -0.3 is 21.5 Å². The first-order valence-corrected chi connectivity index (χ1v) is 10.4. The summed E-state index contributed by atoms with van der Waals surface area (Å²) in [5.41, 5.74) is 13.4. The monoisotopic (exact) mass is 453 g/mol. The maximum atomic E-state index is 14.6. The normalized spacial score (nSPS) is 15.8. The third kappa shape index (κ3) is 3.87. The minimum atomic E-state index is -1.21. The molecule has 1 aliphatic rings. The Balaban J connectivity index is 1.91. The van der Waals surface area contributed by atoms with Gasteiger partial charge in [-0.1, -0.05) is 35.9 Å². The molecule has 0 radical (unpaired) electrons. The molecule has 6 nitrogen and oxygen atoms in total. The van der Waals surface area contributed by atoms with E-state index in [2.05, 4.69) is 0 Å². The molecule has 0 aliphatic heterocycles. The largest absolute Gasteiger partial charge is 0.507 e. The number of rotatable bonds is 5. The molecule has 2 amide bonds. The highest BCUT2D eigenvalue weighted by molar-refractivity contribution is 6.30. The van der Waals surface area contributed by atoms with Crippen molar-refractivity contribution in [2.45, 2.75) is 24.9 Å². The number of aromatic hydroxyl groups is 1. The molecule has 0 aromatic heterocycles. The Hall–Kier alpha value is -3.58. The Morgan fingerprint density at radius 2 is 1.88 bits per heavy atom. The Morgan fingerprint density at radius 3 is 2.56 bits per heavy atom. The van der Waals surface area contributed by atoms with Crippen molar-refractivity contribution in [2.24, 2.45) is 5.73 Å². The number of nitrogens with zero attached hydrogens (tertiary/aromatic N) is 1. The summed E-state index contributed by atoms with van der Waals surface area (Å²) in [5.74, 6) is -2.11. The summed E-state index contributed by atoms with van der Waals surface area (Å²) in [6.07, 6.45) is 0.716. The lowest BCUT2D eigenvalue weighted by atomic mass is 9.97. The van der Waals surface area contributed by atoms with Crippen LogP contribution in [0, 0.1) is 5.82 Å². The first-order valence-electron chi connectivity index (χ1n) is 10.0. The molecule has 0 saturated heterocycles. The van der Waals surface area contributed by atoms with Crippen molar-refractivity contribution in [2.75, 3.05) is 5.73 Å². The van der Waals surface area contributed by atoms with Gasteiger partial charge in [-0.05, 0) is 65.9 Å². The number of carbonyl (C=O) groups is 2. The topological polar surface area (TPSA) is 110 Å². The van der Waals surface area contributed by atoms with E-state index < -0.39 is 29.7 Å². The predicted molar refractivity (Wildman–Crippen MR) is 120 cm³/mol. The zero-order valence-electron chi connectivity index (χ0n) is 17.0. The number of primary amides is 1. The second-order valence-electron chi connectivity index (χ2n) is 7.71. The molecule has 1 aliphatic carbocycles. The zero-order valence-corrected chi connectivity index (χ0v) is 17.7. The van der Waals surface area contributed by atoms with Gasteiger partial charge in [0.25, 0.3) is 5.91 Å². The van der Waals surface area contributed by atoms with Crippen LogP contribution in [0.15, 0.2) is 60.7 Å². The van der Waals surface area contributed by atoms with Gasteiger partial charge in [0.2, 0.25) is 5.91 Å². The number of nitrogens with two attached hydrogens (primary N) is 2. The fourth-order valence-electron chi connectivity index (χ4n) is 4.33. The van der Waals surface area contributed by atoms with E-state index in [4.69, 9.17) is 23.1 Å². The van der Waals surface area contributed by atoms with Crippen LogP contribution in [0.25, 0.3) is 0 Å². The van der Waals surface area contributed by atoms with Crippen LogP contribution in [0.2, 0.25) is 5.02 Å². The number of hydrogen-bond acceptors (Lipinski definition) is 4. The number of para-hydroxylation sites is 1. The van der Waals surface area contributed by atoms with E-state index in [1.54, 1.807) is 42.5 Å². The first-order chi connectivity index (χ1) is 15.3. The van der Waals surface area contributed by atoms with Crippen molar-refractivity contribution in [3.8, 4) is 5.75 Å². The predicted octanol–water partition coefficient (Wildman–Crippen LogP) is 4.12. The highest BCUT2D eigenvalue weighted by Crippen LogP contribution is 2.43. The molecule has 0 unspecified atom stereocenters. The molecule has 5 N–H and O–H groups in total. The van der Waals surface area contributed by atoms with Gasteiger partial charge >= 0.3 is 0 Å². The standard InChI is InChI=1S/C24H21ClFN3O3/c25-14-11-18-16(19(26)12-14)8-9-20(18)29(24(32)17-6-1-2-7-21(17)30)22(23(28)31)13-4-3-5-15(27)10-13/h1-7,10-12,20,22,30H,8-9,27H2,(H2,28,31)/t20-,22-/m1/s1. The maximum Gasteiger partial charge on any atom is 0.259 e. The molecule has 0 heterocycles. The van der Waals surface area contributed by atoms with E-state index in [0.29, 0.717) is 35.2 Å². The van der Waals surface area contributed by atoms with Gasteiger partial charge in [-0.15, -0.1) is 0 Å². The van der Waals surface area contributed by atoms with Crippen LogP contribution >= 0.6 is 11.6 Å². The van der Waals surface area contributed by atoms with E-state index >= 15 is 0 Å². The van der Waals surface area contributed by atoms with Crippen LogP contribution in [0.5, 0.6) is 5.75 Å². The van der Waals surface area contributed by atoms with Gasteiger partial charge in [-0.25, -0.2) is 4.39 Å². The average molecular weight is 454 g/mol. The van der Waals surface area contributed by atoms with E-state index in [0.717, 1.165) is 0 Å². The quantitative estimate of drug-likeness (QED) is 0.504. The summed E-state index contributed by atoms with van der Waals surface area (Å²) in [6.45, 7) is 0. The van der Waals surface area contributed by atoms with E-state index in [1.807, 2.05) is 0 Å². The van der Waals surface area contributed by atoms with Gasteiger partial charge in [-0.3, -0.25) is 9.59 Å². The van der Waals surface area contributed by atoms with Crippen LogP contribution in [0.1, 0.15) is 45.6 Å². The highest BCUT2D eigenvalue weighted by atomic mass is 35.5. The molecule has 0 fully saturated rings. The minimum Gasteiger partial charge on any atom is -0.507 e. The number of fused-ring (bicyclic) bond motifs is 1. The molecule has 164 valence electrons. The molecule has 0 spiro atoms. The van der Waals surface area contributed by atoms with Gasteiger partial charge in [-0.2, -0.15) is 0 Å². The molecule has 32 heavy (non-hydrogen) atoms. The second-order valence-corrected chi connectivity index (χ2v) is 8.15. The number of halogens is 2. The third-order valence-electron chi connectivity index (χ3n) is 5.70. The number of carbonyl (C=O) groups excluding carboxylic acids is 2. The van der Waals surface area contributed by atoms with Gasteiger partial charge in [0.1, 0.15) is 17.6 Å². The fourth-order valence-corrected chi connectivity index (χ4v) is 4.55. The molecule has 2 atom stereocenters. The van der Waals surface area contributed by atoms with Crippen LogP contribution in [0.3, 0.4) is 0 Å². The Labute approximate surface area is 189 Å². The molecule has 0 saturated carbocycles. The Morgan fingerprint density at radius 1 is 1.12 bits per heavy atom.